The van der Waals surface area contributed by atoms with Crippen molar-refractivity contribution in [3.05, 3.63) is 71.1 Å². The first kappa shape index (κ1) is 22.4. The highest BCUT2D eigenvalue weighted by Crippen LogP contribution is 2.23. The standard InChI is InChI=1S/C22H25N3O3.CH4/c1-23-19-6-2-17(3-7-19)10-13-25-14-11-22(28,12-15-25)16-24-20-8-4-18(5-9-20)21(26)27;/h2-9,24,28H,10-16H2,(H,26,27);1H4. The smallest absolute Gasteiger partial charge is 0.335 e. The quantitative estimate of drug-likeness (QED) is 0.617. The van der Waals surface area contributed by atoms with Crippen LogP contribution in [0.2, 0.25) is 0 Å². The molecule has 0 bridgehead atoms. The van der Waals surface area contributed by atoms with Gasteiger partial charge in [-0.3, -0.25) is 0 Å². The number of hydrogen-bond donors (Lipinski definition) is 3. The van der Waals surface area contributed by atoms with Gasteiger partial charge in [0.05, 0.1) is 17.7 Å². The number of anilines is 1. The number of hydrogen-bond acceptors (Lipinski definition) is 4. The Morgan fingerprint density at radius 3 is 2.28 bits per heavy atom. The first-order chi connectivity index (χ1) is 13.5. The van der Waals surface area contributed by atoms with Crippen LogP contribution in [-0.2, 0) is 6.42 Å². The van der Waals surface area contributed by atoms with Gasteiger partial charge in [-0.1, -0.05) is 31.7 Å². The minimum atomic E-state index is -0.945. The van der Waals surface area contributed by atoms with Crippen LogP contribution in [-0.4, -0.2) is 52.9 Å². The molecule has 1 fully saturated rings. The number of carboxylic acid groups (broad SMARTS) is 1. The predicted octanol–water partition coefficient (Wildman–Crippen LogP) is 4.05. The lowest BCUT2D eigenvalue weighted by molar-refractivity contribution is -0.00971. The second-order valence-corrected chi connectivity index (χ2v) is 7.33. The molecule has 0 aliphatic carbocycles. The third kappa shape index (κ3) is 6.31. The molecular weight excluding hydrogens is 366 g/mol. The molecule has 29 heavy (non-hydrogen) atoms. The molecule has 3 rings (SSSR count). The molecule has 0 saturated carbocycles. The van der Waals surface area contributed by atoms with E-state index in [4.69, 9.17) is 11.7 Å². The van der Waals surface area contributed by atoms with Crippen LogP contribution in [0.5, 0.6) is 0 Å². The molecule has 0 amide bonds. The fourth-order valence-electron chi connectivity index (χ4n) is 3.39. The molecule has 1 aliphatic rings. The van der Waals surface area contributed by atoms with Crippen molar-refractivity contribution in [2.75, 3.05) is 31.5 Å². The Morgan fingerprint density at radius 1 is 1.10 bits per heavy atom. The van der Waals surface area contributed by atoms with Crippen LogP contribution in [0.3, 0.4) is 0 Å². The maximum atomic E-state index is 10.9. The number of aliphatic hydroxyl groups is 1. The monoisotopic (exact) mass is 395 g/mol. The van der Waals surface area contributed by atoms with Crippen LogP contribution in [0, 0.1) is 6.57 Å². The van der Waals surface area contributed by atoms with E-state index >= 15 is 0 Å². The van der Waals surface area contributed by atoms with Crippen molar-refractivity contribution >= 4 is 17.3 Å². The van der Waals surface area contributed by atoms with E-state index in [-0.39, 0.29) is 13.0 Å². The molecule has 0 atom stereocenters. The number of likely N-dealkylation sites (tertiary alicyclic amines) is 1. The van der Waals surface area contributed by atoms with Crippen molar-refractivity contribution in [2.24, 2.45) is 0 Å². The molecule has 0 unspecified atom stereocenters. The van der Waals surface area contributed by atoms with Crippen molar-refractivity contribution in [3.8, 4) is 0 Å². The number of benzene rings is 2. The Kier molecular flexibility index (Phi) is 7.77. The van der Waals surface area contributed by atoms with E-state index in [0.29, 0.717) is 25.1 Å². The zero-order valence-corrected chi connectivity index (χ0v) is 15.8. The Morgan fingerprint density at radius 2 is 1.72 bits per heavy atom. The Labute approximate surface area is 172 Å². The van der Waals surface area contributed by atoms with E-state index in [0.717, 1.165) is 31.7 Å². The lowest BCUT2D eigenvalue weighted by atomic mass is 9.91. The highest BCUT2D eigenvalue weighted by Gasteiger charge is 2.31. The van der Waals surface area contributed by atoms with E-state index in [1.165, 1.54) is 5.56 Å². The number of carboxylic acids is 1. The lowest BCUT2D eigenvalue weighted by Crippen LogP contribution is -2.48. The van der Waals surface area contributed by atoms with Crippen LogP contribution in [0.25, 0.3) is 4.85 Å². The number of nitrogens with one attached hydrogen (secondary N) is 1. The van der Waals surface area contributed by atoms with Crippen LogP contribution in [0.1, 0.15) is 36.2 Å². The average Bonchev–Trinajstić information content (AvgIpc) is 2.73. The van der Waals surface area contributed by atoms with E-state index in [2.05, 4.69) is 15.1 Å². The third-order valence-electron chi connectivity index (χ3n) is 5.32. The first-order valence-electron chi connectivity index (χ1n) is 9.46. The molecule has 0 spiro atoms. The molecule has 1 aliphatic heterocycles. The van der Waals surface area contributed by atoms with Crippen molar-refractivity contribution in [3.63, 3.8) is 0 Å². The molecule has 2 aromatic carbocycles. The summed E-state index contributed by atoms with van der Waals surface area (Å²) in [5.74, 6) is -0.945. The molecule has 6 heteroatoms. The van der Waals surface area contributed by atoms with Crippen LogP contribution in [0.4, 0.5) is 11.4 Å². The second kappa shape index (κ2) is 10.1. The maximum absolute atomic E-state index is 10.9. The van der Waals surface area contributed by atoms with Crippen molar-refractivity contribution in [1.82, 2.24) is 4.90 Å². The normalized spacial score (nSPS) is 15.7. The van der Waals surface area contributed by atoms with Gasteiger partial charge in [0.2, 0.25) is 0 Å². The van der Waals surface area contributed by atoms with Crippen molar-refractivity contribution in [1.29, 1.82) is 0 Å². The minimum Gasteiger partial charge on any atom is -0.478 e. The number of carbonyl (C=O) groups is 1. The van der Waals surface area contributed by atoms with Gasteiger partial charge in [0.1, 0.15) is 0 Å². The third-order valence-corrected chi connectivity index (χ3v) is 5.32. The van der Waals surface area contributed by atoms with Gasteiger partial charge in [-0.2, -0.15) is 0 Å². The zero-order valence-electron chi connectivity index (χ0n) is 15.8. The Balaban J connectivity index is 0.00000300. The maximum Gasteiger partial charge on any atom is 0.335 e. The Hall–Kier alpha value is -2.88. The van der Waals surface area contributed by atoms with Crippen LogP contribution >= 0.6 is 0 Å². The summed E-state index contributed by atoms with van der Waals surface area (Å²) in [4.78, 5) is 16.7. The van der Waals surface area contributed by atoms with E-state index in [9.17, 15) is 9.90 Å². The van der Waals surface area contributed by atoms with Gasteiger partial charge in [-0.15, -0.1) is 0 Å². The summed E-state index contributed by atoms with van der Waals surface area (Å²) in [7, 11) is 0. The molecule has 154 valence electrons. The molecule has 1 heterocycles. The van der Waals surface area contributed by atoms with Gasteiger partial charge < -0.3 is 20.4 Å². The number of piperidine rings is 1. The predicted molar refractivity (Wildman–Crippen MR) is 116 cm³/mol. The van der Waals surface area contributed by atoms with E-state index < -0.39 is 11.6 Å². The first-order valence-corrected chi connectivity index (χ1v) is 9.46. The van der Waals surface area contributed by atoms with Gasteiger partial charge in [-0.05, 0) is 49.1 Å². The van der Waals surface area contributed by atoms with Crippen LogP contribution < -0.4 is 5.32 Å². The molecule has 0 aromatic heterocycles. The number of rotatable bonds is 7. The summed E-state index contributed by atoms with van der Waals surface area (Å²) >= 11 is 0. The highest BCUT2D eigenvalue weighted by molar-refractivity contribution is 5.87. The molecule has 6 nitrogen and oxygen atoms in total. The largest absolute Gasteiger partial charge is 0.478 e. The molecule has 2 aromatic rings. The number of aromatic carboxylic acids is 1. The fraction of sp³-hybridized carbons (Fsp3) is 0.391. The molecule has 1 saturated heterocycles. The summed E-state index contributed by atoms with van der Waals surface area (Å²) in [5, 5.41) is 23.0. The summed E-state index contributed by atoms with van der Waals surface area (Å²) in [6.45, 7) is 10.1. The van der Waals surface area contributed by atoms with Crippen molar-refractivity contribution in [2.45, 2.75) is 32.3 Å². The SMILES string of the molecule is C.[C-]#[N+]c1ccc(CCN2CCC(O)(CNc3ccc(C(=O)O)cc3)CC2)cc1. The number of nitrogens with zero attached hydrogens (tertiary/aromatic N) is 2. The van der Waals surface area contributed by atoms with Gasteiger partial charge in [0.25, 0.3) is 0 Å². The second-order valence-electron chi connectivity index (χ2n) is 7.33. The molecule has 3 N–H and O–H groups in total. The van der Waals surface area contributed by atoms with Crippen LogP contribution in [0.15, 0.2) is 48.5 Å². The fourth-order valence-corrected chi connectivity index (χ4v) is 3.39. The van der Waals surface area contributed by atoms with E-state index in [1.54, 1.807) is 24.3 Å². The van der Waals surface area contributed by atoms with Gasteiger partial charge >= 0.3 is 5.97 Å². The molecule has 0 radical (unpaired) electrons. The van der Waals surface area contributed by atoms with Gasteiger partial charge in [-0.25, -0.2) is 9.64 Å². The summed E-state index contributed by atoms with van der Waals surface area (Å²) in [6, 6.07) is 14.3. The summed E-state index contributed by atoms with van der Waals surface area (Å²) in [5.41, 5.74) is 2.20. The van der Waals surface area contributed by atoms with Crippen molar-refractivity contribution < 1.29 is 15.0 Å². The summed E-state index contributed by atoms with van der Waals surface area (Å²) < 4.78 is 0. The van der Waals surface area contributed by atoms with Gasteiger partial charge in [0.15, 0.2) is 5.69 Å². The topological polar surface area (TPSA) is 77.2 Å². The zero-order chi connectivity index (χ0) is 20.0. The Bertz CT molecular complexity index is 833. The molecular formula is C23H29N3O3. The highest BCUT2D eigenvalue weighted by atomic mass is 16.4. The summed E-state index contributed by atoms with van der Waals surface area (Å²) in [6.07, 6.45) is 2.33. The average molecular weight is 396 g/mol. The lowest BCUT2D eigenvalue weighted by Gasteiger charge is -2.38. The van der Waals surface area contributed by atoms with E-state index in [1.807, 2.05) is 24.3 Å². The minimum absolute atomic E-state index is 0. The van der Waals surface area contributed by atoms with Gasteiger partial charge in [0, 0.05) is 31.9 Å².